The minimum absolute atomic E-state index is 0.141. The molecule has 0 spiro atoms. The normalized spacial score (nSPS) is 19.3. The first kappa shape index (κ1) is 22.4. The minimum atomic E-state index is -2.16. The fraction of sp³-hybridized carbons (Fsp3) is 0.138. The Kier molecular flexibility index (Phi) is 4.91. The van der Waals surface area contributed by atoms with Crippen molar-refractivity contribution >= 4 is 58.6 Å². The Hall–Kier alpha value is -3.79. The lowest BCUT2D eigenvalue weighted by molar-refractivity contribution is -0.118. The lowest BCUT2D eigenvalue weighted by atomic mass is 9.94. The molecule has 1 fully saturated rings. The van der Waals surface area contributed by atoms with Crippen LogP contribution in [-0.4, -0.2) is 24.4 Å². The van der Waals surface area contributed by atoms with E-state index in [0.717, 1.165) is 38.5 Å². The van der Waals surface area contributed by atoms with Crippen LogP contribution in [0.5, 0.6) is 11.5 Å². The Morgan fingerprint density at radius 3 is 2.68 bits per heavy atom. The molecule has 1 atom stereocenters. The number of alkyl halides is 2. The molecule has 37 heavy (non-hydrogen) atoms. The summed E-state index contributed by atoms with van der Waals surface area (Å²) in [5, 5.41) is 6.16. The molecule has 3 heterocycles. The number of aromatic amines is 1. The third-order valence-electron chi connectivity index (χ3n) is 7.11. The summed E-state index contributed by atoms with van der Waals surface area (Å²) in [5.41, 5.74) is 2.90. The Morgan fingerprint density at radius 1 is 1.00 bits per heavy atom. The van der Waals surface area contributed by atoms with Gasteiger partial charge in [-0.05, 0) is 60.2 Å². The third-order valence-corrected chi connectivity index (χ3v) is 8.46. The SMILES string of the molecule is C=IC1(F)Oc2ccc(C3(C(=O)Nc4cc5ccccc5c(-c5ccc6[nH]ccc6c5)n4)CC3)cc2O1. The van der Waals surface area contributed by atoms with Gasteiger partial charge in [-0.2, -0.15) is 0 Å². The van der Waals surface area contributed by atoms with Crippen LogP contribution in [0.1, 0.15) is 18.4 Å². The summed E-state index contributed by atoms with van der Waals surface area (Å²) < 4.78 is 26.7. The van der Waals surface area contributed by atoms with E-state index in [-0.39, 0.29) is 5.91 Å². The molecule has 8 heteroatoms. The number of halogens is 2. The molecular formula is C29H21FIN3O3. The van der Waals surface area contributed by atoms with Gasteiger partial charge in [0.2, 0.25) is 5.91 Å². The summed E-state index contributed by atoms with van der Waals surface area (Å²) in [6.45, 7) is 0. The Balaban J connectivity index is 1.24. The number of H-pyrrole nitrogens is 1. The van der Waals surface area contributed by atoms with Gasteiger partial charge in [-0.25, -0.2) is 4.98 Å². The number of ether oxygens (including phenoxy) is 2. The van der Waals surface area contributed by atoms with Crippen molar-refractivity contribution in [1.29, 1.82) is 0 Å². The first-order chi connectivity index (χ1) is 18.0. The van der Waals surface area contributed by atoms with Gasteiger partial charge in [-0.1, -0.05) is 40.9 Å². The van der Waals surface area contributed by atoms with Gasteiger partial charge in [0.15, 0.2) is 11.5 Å². The highest BCUT2D eigenvalue weighted by Gasteiger charge is 2.52. The number of nitrogens with one attached hydrogen (secondary N) is 2. The van der Waals surface area contributed by atoms with Crippen molar-refractivity contribution in [1.82, 2.24) is 9.97 Å². The number of pyridine rings is 1. The number of carbonyl (C=O) groups excluding carboxylic acids is 1. The molecule has 6 nitrogen and oxygen atoms in total. The fourth-order valence-electron chi connectivity index (χ4n) is 4.99. The van der Waals surface area contributed by atoms with E-state index in [9.17, 15) is 9.18 Å². The average molecular weight is 605 g/mol. The molecule has 1 aliphatic carbocycles. The molecule has 7 rings (SSSR count). The van der Waals surface area contributed by atoms with Gasteiger partial charge < -0.3 is 19.8 Å². The van der Waals surface area contributed by atoms with E-state index in [1.807, 2.05) is 60.8 Å². The predicted molar refractivity (Wildman–Crippen MR) is 151 cm³/mol. The van der Waals surface area contributed by atoms with E-state index in [2.05, 4.69) is 20.9 Å². The molecule has 184 valence electrons. The van der Waals surface area contributed by atoms with Crippen LogP contribution in [-0.2, 0) is 10.2 Å². The van der Waals surface area contributed by atoms with Crippen molar-refractivity contribution in [3.8, 4) is 22.8 Å². The summed E-state index contributed by atoms with van der Waals surface area (Å²) in [4.78, 5) is 21.7. The molecule has 2 aliphatic rings. The second-order valence-corrected chi connectivity index (χ2v) is 11.4. The highest BCUT2D eigenvalue weighted by molar-refractivity contribution is 14.2. The van der Waals surface area contributed by atoms with Gasteiger partial charge >= 0.3 is 4.05 Å². The van der Waals surface area contributed by atoms with Gasteiger partial charge in [-0.15, -0.1) is 4.39 Å². The number of fused-ring (bicyclic) bond motifs is 3. The van der Waals surface area contributed by atoms with Crippen LogP contribution in [0.3, 0.4) is 0 Å². The summed E-state index contributed by atoms with van der Waals surface area (Å²) in [7, 11) is 0. The number of rotatable bonds is 5. The number of amides is 1. The molecule has 1 saturated carbocycles. The molecule has 0 radical (unpaired) electrons. The zero-order valence-electron chi connectivity index (χ0n) is 19.6. The van der Waals surface area contributed by atoms with E-state index in [4.69, 9.17) is 14.5 Å². The summed E-state index contributed by atoms with van der Waals surface area (Å²) in [6, 6.07) is 23.3. The number of nitrogens with zero attached hydrogens (tertiary/aromatic N) is 1. The largest absolute Gasteiger partial charge is 0.456 e. The van der Waals surface area contributed by atoms with E-state index in [1.54, 1.807) is 12.1 Å². The smallest absolute Gasteiger partial charge is 0.415 e. The van der Waals surface area contributed by atoms with Crippen LogP contribution in [0, 0.1) is 0 Å². The molecule has 0 bridgehead atoms. The van der Waals surface area contributed by atoms with Crippen LogP contribution in [0.25, 0.3) is 32.9 Å². The monoisotopic (exact) mass is 605 g/mol. The topological polar surface area (TPSA) is 76.2 Å². The van der Waals surface area contributed by atoms with E-state index in [0.29, 0.717) is 30.2 Å². The number of aromatic nitrogens is 2. The summed E-state index contributed by atoms with van der Waals surface area (Å²) in [5.74, 6) is 1.00. The Bertz CT molecular complexity index is 1750. The van der Waals surface area contributed by atoms with Crippen LogP contribution < -0.4 is 14.8 Å². The van der Waals surface area contributed by atoms with Gasteiger partial charge in [0.25, 0.3) is 0 Å². The zero-order chi connectivity index (χ0) is 25.2. The van der Waals surface area contributed by atoms with Crippen molar-refractivity contribution in [2.75, 3.05) is 5.32 Å². The standard InChI is InChI=1S/C29H21FIN3O3/c1-31-29(30)36-23-9-7-20(16-24(23)37-29)28(11-12-28)27(35)34-25-15-17-4-2-3-5-21(17)26(33-25)19-6-8-22-18(14-19)10-13-32-22/h2-10,13-16,32H,1,11-12H2,(H,33,34,35). The fourth-order valence-corrected chi connectivity index (χ4v) is 5.78. The van der Waals surface area contributed by atoms with Gasteiger partial charge in [0, 0.05) is 48.8 Å². The van der Waals surface area contributed by atoms with Crippen molar-refractivity contribution in [2.24, 2.45) is 0 Å². The maximum atomic E-state index is 14.6. The maximum Gasteiger partial charge on any atom is 0.456 e. The highest BCUT2D eigenvalue weighted by Crippen LogP contribution is 2.53. The first-order valence-electron chi connectivity index (χ1n) is 11.9. The van der Waals surface area contributed by atoms with E-state index >= 15 is 0 Å². The lowest BCUT2D eigenvalue weighted by Crippen LogP contribution is -2.28. The van der Waals surface area contributed by atoms with Crippen LogP contribution in [0.2, 0.25) is 0 Å². The average Bonchev–Trinajstić information content (AvgIpc) is 3.46. The molecule has 5 aromatic rings. The molecular weight excluding hydrogens is 584 g/mol. The Morgan fingerprint density at radius 2 is 1.84 bits per heavy atom. The molecule has 1 aliphatic heterocycles. The van der Waals surface area contributed by atoms with Gasteiger partial charge in [0.1, 0.15) is 5.82 Å². The van der Waals surface area contributed by atoms with Gasteiger partial charge in [0.05, 0.1) is 11.1 Å². The Labute approximate surface area is 221 Å². The van der Waals surface area contributed by atoms with E-state index in [1.165, 1.54) is 0 Å². The van der Waals surface area contributed by atoms with Crippen molar-refractivity contribution in [2.45, 2.75) is 22.3 Å². The van der Waals surface area contributed by atoms with Crippen molar-refractivity contribution in [3.63, 3.8) is 0 Å². The quantitative estimate of drug-likeness (QED) is 0.171. The molecule has 1 unspecified atom stereocenters. The molecule has 2 N–H and O–H groups in total. The maximum absolute atomic E-state index is 14.6. The van der Waals surface area contributed by atoms with Crippen LogP contribution in [0.4, 0.5) is 10.2 Å². The summed E-state index contributed by atoms with van der Waals surface area (Å²) in [6.07, 6.45) is 3.29. The van der Waals surface area contributed by atoms with Crippen LogP contribution in [0.15, 0.2) is 79.0 Å². The van der Waals surface area contributed by atoms with Crippen molar-refractivity contribution < 1.29 is 18.7 Å². The predicted octanol–water partition coefficient (Wildman–Crippen LogP) is 6.81. The number of hydrogen-bond donors (Lipinski definition) is 2. The molecule has 0 saturated heterocycles. The highest BCUT2D eigenvalue weighted by atomic mass is 127. The third kappa shape index (κ3) is 3.69. The number of anilines is 1. The first-order valence-corrected chi connectivity index (χ1v) is 14.5. The second kappa shape index (κ2) is 8.11. The van der Waals surface area contributed by atoms with Crippen LogP contribution >= 0.6 is 20.7 Å². The lowest BCUT2D eigenvalue weighted by Gasteiger charge is -2.17. The van der Waals surface area contributed by atoms with Gasteiger partial charge in [-0.3, -0.25) is 4.79 Å². The molecule has 1 amide bonds. The number of benzene rings is 3. The number of hydrogen-bond acceptors (Lipinski definition) is 4. The van der Waals surface area contributed by atoms with Crippen molar-refractivity contribution in [3.05, 3.63) is 84.6 Å². The molecule has 3 aromatic carbocycles. The summed E-state index contributed by atoms with van der Waals surface area (Å²) >= 11 is -1.19. The second-order valence-electron chi connectivity index (χ2n) is 9.36. The minimum Gasteiger partial charge on any atom is -0.415 e. The molecule has 2 aromatic heterocycles. The number of carbonyl (C=O) groups is 1. The zero-order valence-corrected chi connectivity index (χ0v) is 21.7. The van der Waals surface area contributed by atoms with E-state index < -0.39 is 30.2 Å².